The molecule has 0 saturated heterocycles. The van der Waals surface area contributed by atoms with E-state index in [-0.39, 0.29) is 18.8 Å². The van der Waals surface area contributed by atoms with Crippen LogP contribution in [0.15, 0.2) is 18.2 Å². The Kier molecular flexibility index (Phi) is 3.45. The molecule has 0 atom stereocenters. The van der Waals surface area contributed by atoms with Crippen LogP contribution in [0.25, 0.3) is 0 Å². The molecule has 76 valence electrons. The molecule has 1 aromatic carbocycles. The number of hydrogen-bond donors (Lipinski definition) is 1. The van der Waals surface area contributed by atoms with Crippen LogP contribution in [-0.2, 0) is 4.79 Å². The van der Waals surface area contributed by atoms with E-state index in [0.29, 0.717) is 5.56 Å². The van der Waals surface area contributed by atoms with Gasteiger partial charge in [0.25, 0.3) is 0 Å². The van der Waals surface area contributed by atoms with Crippen molar-refractivity contribution in [3.8, 4) is 5.75 Å². The highest BCUT2D eigenvalue weighted by Gasteiger charge is 2.06. The van der Waals surface area contributed by atoms with E-state index in [9.17, 15) is 9.18 Å². The molecule has 0 spiro atoms. The third-order valence-corrected chi connectivity index (χ3v) is 1.73. The highest BCUT2D eigenvalue weighted by molar-refractivity contribution is 5.66. The zero-order chi connectivity index (χ0) is 10.6. The second-order valence-corrected chi connectivity index (χ2v) is 2.88. The fraction of sp³-hybridized carbons (Fsp3) is 0.300. The van der Waals surface area contributed by atoms with E-state index in [1.165, 1.54) is 6.07 Å². The van der Waals surface area contributed by atoms with E-state index >= 15 is 0 Å². The Morgan fingerprint density at radius 3 is 2.93 bits per heavy atom. The largest absolute Gasteiger partial charge is 0.490 e. The van der Waals surface area contributed by atoms with Crippen LogP contribution in [0.3, 0.4) is 0 Å². The minimum absolute atomic E-state index is 0.0181. The lowest BCUT2D eigenvalue weighted by atomic mass is 10.2. The molecular formula is C10H11FO3. The first kappa shape index (κ1) is 10.5. The molecular weight excluding hydrogens is 187 g/mol. The monoisotopic (exact) mass is 198 g/mol. The SMILES string of the molecule is Cc1cccc(OCCC(=O)O)c1F. The topological polar surface area (TPSA) is 46.5 Å². The van der Waals surface area contributed by atoms with E-state index < -0.39 is 11.8 Å². The van der Waals surface area contributed by atoms with E-state index in [1.54, 1.807) is 19.1 Å². The van der Waals surface area contributed by atoms with Crippen molar-refractivity contribution in [3.63, 3.8) is 0 Å². The summed E-state index contributed by atoms with van der Waals surface area (Å²) >= 11 is 0. The average Bonchev–Trinajstić information content (AvgIpc) is 2.12. The van der Waals surface area contributed by atoms with Gasteiger partial charge in [-0.2, -0.15) is 0 Å². The van der Waals surface area contributed by atoms with Gasteiger partial charge in [-0.05, 0) is 18.6 Å². The molecule has 1 N–H and O–H groups in total. The van der Waals surface area contributed by atoms with Crippen LogP contribution < -0.4 is 4.74 Å². The van der Waals surface area contributed by atoms with Crippen LogP contribution in [-0.4, -0.2) is 17.7 Å². The maximum atomic E-state index is 13.3. The number of rotatable bonds is 4. The molecule has 14 heavy (non-hydrogen) atoms. The molecule has 0 aromatic heterocycles. The predicted octanol–water partition coefficient (Wildman–Crippen LogP) is 1.99. The van der Waals surface area contributed by atoms with Gasteiger partial charge in [-0.1, -0.05) is 12.1 Å². The highest BCUT2D eigenvalue weighted by atomic mass is 19.1. The standard InChI is InChI=1S/C10H11FO3/c1-7-3-2-4-8(10(7)11)14-6-5-9(12)13/h2-4H,5-6H2,1H3,(H,12,13). The molecule has 0 aliphatic rings. The van der Waals surface area contributed by atoms with E-state index in [4.69, 9.17) is 9.84 Å². The summed E-state index contributed by atoms with van der Waals surface area (Å²) in [7, 11) is 0. The molecule has 0 aliphatic carbocycles. The van der Waals surface area contributed by atoms with Crippen molar-refractivity contribution < 1.29 is 19.0 Å². The van der Waals surface area contributed by atoms with Crippen molar-refractivity contribution in [1.82, 2.24) is 0 Å². The number of carboxylic acid groups (broad SMARTS) is 1. The molecule has 0 heterocycles. The normalized spacial score (nSPS) is 9.86. The van der Waals surface area contributed by atoms with Crippen molar-refractivity contribution in [2.24, 2.45) is 0 Å². The fourth-order valence-corrected chi connectivity index (χ4v) is 0.980. The summed E-state index contributed by atoms with van der Waals surface area (Å²) in [6, 6.07) is 4.76. The highest BCUT2D eigenvalue weighted by Crippen LogP contribution is 2.19. The summed E-state index contributed by atoms with van der Waals surface area (Å²) in [5.41, 5.74) is 0.484. The maximum absolute atomic E-state index is 13.3. The van der Waals surface area contributed by atoms with Crippen molar-refractivity contribution in [3.05, 3.63) is 29.6 Å². The average molecular weight is 198 g/mol. The van der Waals surface area contributed by atoms with Gasteiger partial charge in [0.1, 0.15) is 0 Å². The molecule has 4 heteroatoms. The summed E-state index contributed by atoms with van der Waals surface area (Å²) in [6.45, 7) is 1.61. The second kappa shape index (κ2) is 4.60. The molecule has 0 radical (unpaired) electrons. The second-order valence-electron chi connectivity index (χ2n) is 2.88. The Bertz CT molecular complexity index is 336. The molecule has 3 nitrogen and oxygen atoms in total. The van der Waals surface area contributed by atoms with E-state index in [1.807, 2.05) is 0 Å². The summed E-state index contributed by atoms with van der Waals surface area (Å²) < 4.78 is 18.2. The number of aliphatic carboxylic acids is 1. The zero-order valence-electron chi connectivity index (χ0n) is 7.79. The van der Waals surface area contributed by atoms with Crippen LogP contribution in [0.4, 0.5) is 4.39 Å². The summed E-state index contributed by atoms with van der Waals surface area (Å²) in [4.78, 5) is 10.2. The molecule has 0 unspecified atom stereocenters. The first-order valence-corrected chi connectivity index (χ1v) is 4.21. The summed E-state index contributed by atoms with van der Waals surface area (Å²) in [5.74, 6) is -1.29. The number of carboxylic acids is 1. The fourth-order valence-electron chi connectivity index (χ4n) is 0.980. The van der Waals surface area contributed by atoms with Crippen molar-refractivity contribution >= 4 is 5.97 Å². The Labute approximate surface area is 81.1 Å². The van der Waals surface area contributed by atoms with Gasteiger partial charge in [0.15, 0.2) is 11.6 Å². The van der Waals surface area contributed by atoms with Gasteiger partial charge in [-0.25, -0.2) is 4.39 Å². The lowest BCUT2D eigenvalue weighted by Gasteiger charge is -2.06. The molecule has 0 saturated carbocycles. The quantitative estimate of drug-likeness (QED) is 0.804. The van der Waals surface area contributed by atoms with Gasteiger partial charge in [0, 0.05) is 0 Å². The first-order valence-electron chi connectivity index (χ1n) is 4.21. The Balaban J connectivity index is 2.59. The number of carbonyl (C=O) groups is 1. The van der Waals surface area contributed by atoms with Crippen molar-refractivity contribution in [2.75, 3.05) is 6.61 Å². The Hall–Kier alpha value is -1.58. The molecule has 1 rings (SSSR count). The molecule has 0 fully saturated rings. The third kappa shape index (κ3) is 2.73. The molecule has 1 aromatic rings. The third-order valence-electron chi connectivity index (χ3n) is 1.73. The molecule has 0 amide bonds. The van der Waals surface area contributed by atoms with Gasteiger partial charge in [-0.15, -0.1) is 0 Å². The summed E-state index contributed by atoms with van der Waals surface area (Å²) in [6.07, 6.45) is -0.132. The van der Waals surface area contributed by atoms with Gasteiger partial charge in [-0.3, -0.25) is 4.79 Å². The lowest BCUT2D eigenvalue weighted by Crippen LogP contribution is -2.06. The van der Waals surface area contributed by atoms with Crippen LogP contribution >= 0.6 is 0 Å². The molecule has 0 bridgehead atoms. The minimum atomic E-state index is -0.960. The smallest absolute Gasteiger partial charge is 0.306 e. The predicted molar refractivity (Wildman–Crippen MR) is 48.9 cm³/mol. The van der Waals surface area contributed by atoms with Crippen molar-refractivity contribution in [2.45, 2.75) is 13.3 Å². The Morgan fingerprint density at radius 1 is 1.57 bits per heavy atom. The number of benzene rings is 1. The van der Waals surface area contributed by atoms with Crippen LogP contribution in [0.2, 0.25) is 0 Å². The van der Waals surface area contributed by atoms with Gasteiger partial charge < -0.3 is 9.84 Å². The number of aryl methyl sites for hydroxylation is 1. The number of ether oxygens (including phenoxy) is 1. The minimum Gasteiger partial charge on any atom is -0.490 e. The van der Waals surface area contributed by atoms with Gasteiger partial charge in [0.2, 0.25) is 0 Å². The van der Waals surface area contributed by atoms with Gasteiger partial charge in [0.05, 0.1) is 13.0 Å². The number of halogens is 1. The van der Waals surface area contributed by atoms with Crippen LogP contribution in [0.1, 0.15) is 12.0 Å². The summed E-state index contributed by atoms with van der Waals surface area (Å²) in [5, 5.41) is 8.34. The van der Waals surface area contributed by atoms with Gasteiger partial charge >= 0.3 is 5.97 Å². The lowest BCUT2D eigenvalue weighted by molar-refractivity contribution is -0.137. The Morgan fingerprint density at radius 2 is 2.29 bits per heavy atom. The van der Waals surface area contributed by atoms with E-state index in [0.717, 1.165) is 0 Å². The van der Waals surface area contributed by atoms with Crippen LogP contribution in [0, 0.1) is 12.7 Å². The first-order chi connectivity index (χ1) is 6.61. The maximum Gasteiger partial charge on any atom is 0.306 e. The van der Waals surface area contributed by atoms with Crippen LogP contribution in [0.5, 0.6) is 5.75 Å². The molecule has 0 aliphatic heterocycles. The zero-order valence-corrected chi connectivity index (χ0v) is 7.79. The van der Waals surface area contributed by atoms with Crippen molar-refractivity contribution in [1.29, 1.82) is 0 Å². The van der Waals surface area contributed by atoms with E-state index in [2.05, 4.69) is 0 Å². The number of hydrogen-bond acceptors (Lipinski definition) is 2.